The van der Waals surface area contributed by atoms with Crippen LogP contribution < -0.4 is 10.2 Å². The molecule has 1 saturated carbocycles. The molecule has 1 N–H and O–H groups in total. The maximum atomic E-state index is 4.79. The molecule has 1 aliphatic carbocycles. The minimum Gasteiger partial charge on any atom is -0.370 e. The van der Waals surface area contributed by atoms with Gasteiger partial charge >= 0.3 is 0 Å². The first-order chi connectivity index (χ1) is 9.80. The standard InChI is InChI=1S/C16H26N4/c1-3-6-14-18-15(17-4-2)9-16(19-14)20-10-12-7-5-8-13(12)11-20/h9,12-13H,3-8,10-11H2,1-2H3,(H,17,18,19). The number of aryl methyl sites for hydroxylation is 1. The van der Waals surface area contributed by atoms with Crippen molar-refractivity contribution in [2.45, 2.75) is 46.0 Å². The minimum absolute atomic E-state index is 0.905. The summed E-state index contributed by atoms with van der Waals surface area (Å²) in [6.07, 6.45) is 6.31. The van der Waals surface area contributed by atoms with Crippen molar-refractivity contribution in [3.05, 3.63) is 11.9 Å². The monoisotopic (exact) mass is 274 g/mol. The van der Waals surface area contributed by atoms with Gasteiger partial charge in [0, 0.05) is 32.1 Å². The smallest absolute Gasteiger partial charge is 0.134 e. The fourth-order valence-corrected chi connectivity index (χ4v) is 3.67. The Bertz CT molecular complexity index is 424. The molecule has 2 heterocycles. The van der Waals surface area contributed by atoms with Gasteiger partial charge in [0.1, 0.15) is 17.5 Å². The third kappa shape index (κ3) is 2.74. The molecule has 0 bridgehead atoms. The van der Waals surface area contributed by atoms with Gasteiger partial charge in [-0.1, -0.05) is 13.3 Å². The lowest BCUT2D eigenvalue weighted by molar-refractivity contribution is 0.494. The average Bonchev–Trinajstić information content (AvgIpc) is 3.00. The highest BCUT2D eigenvalue weighted by Crippen LogP contribution is 2.39. The first-order valence-corrected chi connectivity index (χ1v) is 8.17. The Morgan fingerprint density at radius 2 is 1.95 bits per heavy atom. The van der Waals surface area contributed by atoms with Crippen molar-refractivity contribution < 1.29 is 0 Å². The summed E-state index contributed by atoms with van der Waals surface area (Å²) < 4.78 is 0. The van der Waals surface area contributed by atoms with E-state index in [2.05, 4.69) is 35.1 Å². The number of anilines is 2. The van der Waals surface area contributed by atoms with Crippen LogP contribution in [0.15, 0.2) is 6.07 Å². The summed E-state index contributed by atoms with van der Waals surface area (Å²) in [5.41, 5.74) is 0. The zero-order valence-electron chi connectivity index (χ0n) is 12.7. The number of aromatic nitrogens is 2. The van der Waals surface area contributed by atoms with Gasteiger partial charge < -0.3 is 10.2 Å². The fraction of sp³-hybridized carbons (Fsp3) is 0.750. The van der Waals surface area contributed by atoms with Gasteiger partial charge in [0.15, 0.2) is 0 Å². The number of fused-ring (bicyclic) bond motifs is 1. The van der Waals surface area contributed by atoms with Crippen molar-refractivity contribution in [3.8, 4) is 0 Å². The van der Waals surface area contributed by atoms with Crippen molar-refractivity contribution in [3.63, 3.8) is 0 Å². The molecule has 0 radical (unpaired) electrons. The molecule has 0 amide bonds. The fourth-order valence-electron chi connectivity index (χ4n) is 3.67. The first-order valence-electron chi connectivity index (χ1n) is 8.17. The van der Waals surface area contributed by atoms with Crippen LogP contribution >= 0.6 is 0 Å². The van der Waals surface area contributed by atoms with Crippen LogP contribution in [0.4, 0.5) is 11.6 Å². The molecule has 2 aliphatic rings. The van der Waals surface area contributed by atoms with Gasteiger partial charge in [0.2, 0.25) is 0 Å². The lowest BCUT2D eigenvalue weighted by atomic mass is 10.0. The molecule has 110 valence electrons. The Kier molecular flexibility index (Phi) is 4.08. The SMILES string of the molecule is CCCc1nc(NCC)cc(N2CC3CCCC3C2)n1. The third-order valence-electron chi connectivity index (χ3n) is 4.64. The van der Waals surface area contributed by atoms with Gasteiger partial charge in [-0.3, -0.25) is 0 Å². The van der Waals surface area contributed by atoms with E-state index in [9.17, 15) is 0 Å². The molecular formula is C16H26N4. The minimum atomic E-state index is 0.905. The zero-order chi connectivity index (χ0) is 13.9. The van der Waals surface area contributed by atoms with Crippen LogP contribution in [-0.2, 0) is 6.42 Å². The molecule has 0 spiro atoms. The van der Waals surface area contributed by atoms with Gasteiger partial charge in [0.05, 0.1) is 0 Å². The van der Waals surface area contributed by atoms with E-state index < -0.39 is 0 Å². The van der Waals surface area contributed by atoms with Crippen LogP contribution in [0.2, 0.25) is 0 Å². The summed E-state index contributed by atoms with van der Waals surface area (Å²) in [6, 6.07) is 2.13. The molecule has 3 rings (SSSR count). The lowest BCUT2D eigenvalue weighted by Crippen LogP contribution is -2.23. The Hall–Kier alpha value is -1.32. The van der Waals surface area contributed by atoms with E-state index in [-0.39, 0.29) is 0 Å². The van der Waals surface area contributed by atoms with Crippen molar-refractivity contribution >= 4 is 11.6 Å². The topological polar surface area (TPSA) is 41.1 Å². The molecule has 4 heteroatoms. The maximum absolute atomic E-state index is 4.79. The van der Waals surface area contributed by atoms with E-state index >= 15 is 0 Å². The van der Waals surface area contributed by atoms with Gasteiger partial charge in [-0.2, -0.15) is 0 Å². The highest BCUT2D eigenvalue weighted by Gasteiger charge is 2.36. The van der Waals surface area contributed by atoms with Crippen LogP contribution in [0.3, 0.4) is 0 Å². The second-order valence-electron chi connectivity index (χ2n) is 6.16. The van der Waals surface area contributed by atoms with Crippen molar-refractivity contribution in [2.24, 2.45) is 11.8 Å². The summed E-state index contributed by atoms with van der Waals surface area (Å²) in [7, 11) is 0. The van der Waals surface area contributed by atoms with Crippen molar-refractivity contribution in [2.75, 3.05) is 29.9 Å². The molecule has 20 heavy (non-hydrogen) atoms. The Labute approximate surface area is 122 Å². The van der Waals surface area contributed by atoms with E-state index in [1.54, 1.807) is 0 Å². The number of rotatable bonds is 5. The molecule has 1 saturated heterocycles. The molecule has 1 aromatic heterocycles. The Balaban J connectivity index is 1.80. The molecule has 2 fully saturated rings. The molecule has 1 aromatic rings. The summed E-state index contributed by atoms with van der Waals surface area (Å²) in [4.78, 5) is 11.9. The molecular weight excluding hydrogens is 248 g/mol. The summed E-state index contributed by atoms with van der Waals surface area (Å²) in [5, 5.41) is 3.34. The van der Waals surface area contributed by atoms with Gasteiger partial charge in [0.25, 0.3) is 0 Å². The highest BCUT2D eigenvalue weighted by molar-refractivity contribution is 5.50. The van der Waals surface area contributed by atoms with Crippen LogP contribution in [0.1, 0.15) is 45.4 Å². The zero-order valence-corrected chi connectivity index (χ0v) is 12.7. The van der Waals surface area contributed by atoms with Crippen LogP contribution in [0.5, 0.6) is 0 Å². The molecule has 2 unspecified atom stereocenters. The summed E-state index contributed by atoms with van der Waals surface area (Å²) >= 11 is 0. The van der Waals surface area contributed by atoms with Gasteiger partial charge in [-0.15, -0.1) is 0 Å². The number of hydrogen-bond acceptors (Lipinski definition) is 4. The van der Waals surface area contributed by atoms with E-state index in [0.29, 0.717) is 0 Å². The summed E-state index contributed by atoms with van der Waals surface area (Å²) in [5.74, 6) is 4.91. The van der Waals surface area contributed by atoms with Gasteiger partial charge in [-0.05, 0) is 38.0 Å². The van der Waals surface area contributed by atoms with Gasteiger partial charge in [-0.25, -0.2) is 9.97 Å². The largest absolute Gasteiger partial charge is 0.370 e. The predicted molar refractivity (Wildman–Crippen MR) is 83.2 cm³/mol. The van der Waals surface area contributed by atoms with Crippen molar-refractivity contribution in [1.29, 1.82) is 0 Å². The van der Waals surface area contributed by atoms with E-state index in [0.717, 1.165) is 48.7 Å². The second kappa shape index (κ2) is 5.98. The summed E-state index contributed by atoms with van der Waals surface area (Å²) in [6.45, 7) is 7.59. The normalized spacial score (nSPS) is 25.0. The van der Waals surface area contributed by atoms with Crippen LogP contribution in [0.25, 0.3) is 0 Å². The third-order valence-corrected chi connectivity index (χ3v) is 4.64. The molecule has 1 aliphatic heterocycles. The molecule has 2 atom stereocenters. The first kappa shape index (κ1) is 13.7. The van der Waals surface area contributed by atoms with E-state index in [1.165, 1.54) is 32.4 Å². The quantitative estimate of drug-likeness (QED) is 0.896. The highest BCUT2D eigenvalue weighted by atomic mass is 15.2. The van der Waals surface area contributed by atoms with Crippen LogP contribution in [0, 0.1) is 11.8 Å². The Morgan fingerprint density at radius 3 is 2.60 bits per heavy atom. The molecule has 4 nitrogen and oxygen atoms in total. The maximum Gasteiger partial charge on any atom is 0.134 e. The van der Waals surface area contributed by atoms with E-state index in [4.69, 9.17) is 4.98 Å². The lowest BCUT2D eigenvalue weighted by Gasteiger charge is -2.20. The van der Waals surface area contributed by atoms with Crippen molar-refractivity contribution in [1.82, 2.24) is 9.97 Å². The second-order valence-corrected chi connectivity index (χ2v) is 6.16. The molecule has 0 aromatic carbocycles. The van der Waals surface area contributed by atoms with Crippen LogP contribution in [-0.4, -0.2) is 29.6 Å². The number of hydrogen-bond donors (Lipinski definition) is 1. The Morgan fingerprint density at radius 1 is 1.20 bits per heavy atom. The van der Waals surface area contributed by atoms with E-state index in [1.807, 2.05) is 0 Å². The predicted octanol–water partition coefficient (Wildman–Crippen LogP) is 3.10. The number of nitrogens with one attached hydrogen (secondary N) is 1. The average molecular weight is 274 g/mol. The number of nitrogens with zero attached hydrogens (tertiary/aromatic N) is 3.